The summed E-state index contributed by atoms with van der Waals surface area (Å²) in [5.41, 5.74) is 0.545. The number of non-ortho nitro benzene ring substituents is 1. The van der Waals surface area contributed by atoms with E-state index < -0.39 is 16.9 Å². The minimum Gasteiger partial charge on any atom is -0.506 e. The second kappa shape index (κ2) is 5.61. The van der Waals surface area contributed by atoms with E-state index in [4.69, 9.17) is 0 Å². The predicted molar refractivity (Wildman–Crippen MR) is 75.1 cm³/mol. The number of aromatic hydroxyl groups is 1. The van der Waals surface area contributed by atoms with Crippen molar-refractivity contribution in [3.05, 3.63) is 46.3 Å². The molecule has 0 radical (unpaired) electrons. The molecule has 1 heterocycles. The number of amides is 1. The number of rotatable bonds is 4. The van der Waals surface area contributed by atoms with Crippen LogP contribution in [0.2, 0.25) is 0 Å². The largest absolute Gasteiger partial charge is 0.506 e. The van der Waals surface area contributed by atoms with Gasteiger partial charge >= 0.3 is 0 Å². The fraction of sp³-hybridized carbons (Fsp3) is 0.231. The molecule has 0 saturated carbocycles. The van der Waals surface area contributed by atoms with Gasteiger partial charge in [0, 0.05) is 18.3 Å². The zero-order chi connectivity index (χ0) is 15.6. The van der Waals surface area contributed by atoms with Crippen LogP contribution in [0.1, 0.15) is 18.7 Å². The van der Waals surface area contributed by atoms with Gasteiger partial charge in [0.15, 0.2) is 0 Å². The summed E-state index contributed by atoms with van der Waals surface area (Å²) >= 11 is 0. The average Bonchev–Trinajstić information content (AvgIpc) is 2.86. The van der Waals surface area contributed by atoms with Gasteiger partial charge in [0.1, 0.15) is 11.8 Å². The van der Waals surface area contributed by atoms with Crippen LogP contribution in [-0.4, -0.2) is 25.7 Å². The second-order valence-corrected chi connectivity index (χ2v) is 4.56. The van der Waals surface area contributed by atoms with E-state index >= 15 is 0 Å². The molecule has 8 heteroatoms. The van der Waals surface area contributed by atoms with Crippen LogP contribution in [0.25, 0.3) is 0 Å². The number of nitro groups is 1. The standard InChI is InChI=1S/C13H14N4O4/c1-8-5-6-16(15-8)9(2)13(19)14-11-7-10(17(20)21)3-4-12(11)18/h3-7,9,18H,1-2H3,(H,14,19). The third-order valence-corrected chi connectivity index (χ3v) is 2.97. The van der Waals surface area contributed by atoms with Gasteiger partial charge in [-0.15, -0.1) is 0 Å². The summed E-state index contributed by atoms with van der Waals surface area (Å²) in [6, 6.07) is 4.57. The van der Waals surface area contributed by atoms with Gasteiger partial charge in [-0.25, -0.2) is 0 Å². The number of benzene rings is 1. The molecular weight excluding hydrogens is 276 g/mol. The second-order valence-electron chi connectivity index (χ2n) is 4.56. The number of carbonyl (C=O) groups is 1. The van der Waals surface area contributed by atoms with Crippen molar-refractivity contribution in [2.45, 2.75) is 19.9 Å². The summed E-state index contributed by atoms with van der Waals surface area (Å²) in [5.74, 6) is -0.674. The number of nitrogens with one attached hydrogen (secondary N) is 1. The molecule has 1 aromatic carbocycles. The van der Waals surface area contributed by atoms with Crippen molar-refractivity contribution in [3.63, 3.8) is 0 Å². The van der Waals surface area contributed by atoms with Crippen LogP contribution >= 0.6 is 0 Å². The van der Waals surface area contributed by atoms with E-state index in [1.54, 1.807) is 26.1 Å². The Morgan fingerprint density at radius 1 is 1.48 bits per heavy atom. The Kier molecular flexibility index (Phi) is 3.88. The summed E-state index contributed by atoms with van der Waals surface area (Å²) in [6.45, 7) is 3.43. The van der Waals surface area contributed by atoms with E-state index in [0.29, 0.717) is 0 Å². The zero-order valence-electron chi connectivity index (χ0n) is 11.5. The van der Waals surface area contributed by atoms with E-state index in [0.717, 1.165) is 23.9 Å². The van der Waals surface area contributed by atoms with Crippen LogP contribution in [0.5, 0.6) is 5.75 Å². The quantitative estimate of drug-likeness (QED) is 0.508. The minimum atomic E-state index is -0.614. The van der Waals surface area contributed by atoms with Crippen molar-refractivity contribution in [3.8, 4) is 5.75 Å². The first-order chi connectivity index (χ1) is 9.88. The van der Waals surface area contributed by atoms with Gasteiger partial charge in [0.05, 0.1) is 16.3 Å². The van der Waals surface area contributed by atoms with Gasteiger partial charge in [-0.3, -0.25) is 19.6 Å². The van der Waals surface area contributed by atoms with Crippen LogP contribution in [-0.2, 0) is 4.79 Å². The highest BCUT2D eigenvalue weighted by Crippen LogP contribution is 2.28. The lowest BCUT2D eigenvalue weighted by molar-refractivity contribution is -0.384. The third kappa shape index (κ3) is 3.16. The van der Waals surface area contributed by atoms with Crippen molar-refractivity contribution in [1.29, 1.82) is 0 Å². The Morgan fingerprint density at radius 2 is 2.19 bits per heavy atom. The smallest absolute Gasteiger partial charge is 0.271 e. The summed E-state index contributed by atoms with van der Waals surface area (Å²) in [6.07, 6.45) is 1.66. The first-order valence-electron chi connectivity index (χ1n) is 6.18. The number of nitro benzene ring substituents is 1. The molecule has 2 rings (SSSR count). The SMILES string of the molecule is Cc1ccn(C(C)C(=O)Nc2cc([N+](=O)[O-])ccc2O)n1. The maximum Gasteiger partial charge on any atom is 0.271 e. The van der Waals surface area contributed by atoms with Crippen molar-refractivity contribution in [1.82, 2.24) is 9.78 Å². The fourth-order valence-electron chi connectivity index (χ4n) is 1.74. The molecule has 110 valence electrons. The normalized spacial score (nSPS) is 11.9. The summed E-state index contributed by atoms with van der Waals surface area (Å²) < 4.78 is 1.47. The number of aryl methyl sites for hydroxylation is 1. The number of nitrogens with zero attached hydrogens (tertiary/aromatic N) is 3. The molecule has 0 aliphatic carbocycles. The van der Waals surface area contributed by atoms with Crippen LogP contribution in [0, 0.1) is 17.0 Å². The fourth-order valence-corrected chi connectivity index (χ4v) is 1.74. The molecule has 0 saturated heterocycles. The summed E-state index contributed by atoms with van der Waals surface area (Å²) in [5, 5.41) is 27.0. The molecule has 1 atom stereocenters. The number of anilines is 1. The van der Waals surface area contributed by atoms with Gasteiger partial charge in [-0.1, -0.05) is 0 Å². The lowest BCUT2D eigenvalue weighted by Gasteiger charge is -2.13. The molecular formula is C13H14N4O4. The minimum absolute atomic E-state index is 0.00933. The van der Waals surface area contributed by atoms with Crippen LogP contribution in [0.3, 0.4) is 0 Å². The Bertz CT molecular complexity index is 695. The lowest BCUT2D eigenvalue weighted by atomic mass is 10.2. The van der Waals surface area contributed by atoms with Crippen LogP contribution in [0.15, 0.2) is 30.5 Å². The number of aromatic nitrogens is 2. The molecule has 0 bridgehead atoms. The van der Waals surface area contributed by atoms with Crippen LogP contribution < -0.4 is 5.32 Å². The van der Waals surface area contributed by atoms with Crippen molar-refractivity contribution >= 4 is 17.3 Å². The van der Waals surface area contributed by atoms with Gasteiger partial charge in [0.2, 0.25) is 5.91 Å². The number of hydrogen-bond acceptors (Lipinski definition) is 5. The maximum absolute atomic E-state index is 12.1. The number of phenols is 1. The summed E-state index contributed by atoms with van der Waals surface area (Å²) in [7, 11) is 0. The Morgan fingerprint density at radius 3 is 2.76 bits per heavy atom. The molecule has 0 spiro atoms. The predicted octanol–water partition coefficient (Wildman–Crippen LogP) is 2.01. The monoisotopic (exact) mass is 290 g/mol. The molecule has 8 nitrogen and oxygen atoms in total. The molecule has 1 amide bonds. The van der Waals surface area contributed by atoms with E-state index in [9.17, 15) is 20.0 Å². The van der Waals surface area contributed by atoms with Crippen molar-refractivity contribution in [2.75, 3.05) is 5.32 Å². The Hall–Kier alpha value is -2.90. The number of carbonyl (C=O) groups excluding carboxylic acids is 1. The molecule has 1 aromatic heterocycles. The molecule has 0 aliphatic rings. The lowest BCUT2D eigenvalue weighted by Crippen LogP contribution is -2.24. The number of phenolic OH excluding ortho intramolecular Hbond substituents is 1. The van der Waals surface area contributed by atoms with Crippen molar-refractivity contribution < 1.29 is 14.8 Å². The van der Waals surface area contributed by atoms with Crippen LogP contribution in [0.4, 0.5) is 11.4 Å². The van der Waals surface area contributed by atoms with Gasteiger partial charge < -0.3 is 10.4 Å². The van der Waals surface area contributed by atoms with E-state index in [1.165, 1.54) is 4.68 Å². The highest BCUT2D eigenvalue weighted by atomic mass is 16.6. The van der Waals surface area contributed by atoms with E-state index in [2.05, 4.69) is 10.4 Å². The molecule has 2 aromatic rings. The summed E-state index contributed by atoms with van der Waals surface area (Å²) in [4.78, 5) is 22.2. The van der Waals surface area contributed by atoms with E-state index in [-0.39, 0.29) is 17.1 Å². The molecule has 2 N–H and O–H groups in total. The Balaban J connectivity index is 2.19. The van der Waals surface area contributed by atoms with Gasteiger partial charge in [-0.05, 0) is 26.0 Å². The average molecular weight is 290 g/mol. The Labute approximate surface area is 120 Å². The molecule has 21 heavy (non-hydrogen) atoms. The first kappa shape index (κ1) is 14.5. The van der Waals surface area contributed by atoms with Gasteiger partial charge in [-0.2, -0.15) is 5.10 Å². The molecule has 0 fully saturated rings. The molecule has 0 aliphatic heterocycles. The number of hydrogen-bond donors (Lipinski definition) is 2. The third-order valence-electron chi connectivity index (χ3n) is 2.97. The van der Waals surface area contributed by atoms with Crippen molar-refractivity contribution in [2.24, 2.45) is 0 Å². The maximum atomic E-state index is 12.1. The zero-order valence-corrected chi connectivity index (χ0v) is 11.5. The highest BCUT2D eigenvalue weighted by Gasteiger charge is 2.18. The van der Waals surface area contributed by atoms with Gasteiger partial charge in [0.25, 0.3) is 5.69 Å². The molecule has 1 unspecified atom stereocenters. The first-order valence-corrected chi connectivity index (χ1v) is 6.18. The topological polar surface area (TPSA) is 110 Å². The van der Waals surface area contributed by atoms with E-state index in [1.807, 2.05) is 0 Å². The highest BCUT2D eigenvalue weighted by molar-refractivity contribution is 5.95.